The number of ether oxygens (including phenoxy) is 3. The molecule has 0 amide bonds. The molecule has 0 N–H and O–H groups in total. The van der Waals surface area contributed by atoms with E-state index in [4.69, 9.17) is 30.8 Å². The molecule has 5 rings (SSSR count). The van der Waals surface area contributed by atoms with E-state index in [0.717, 1.165) is 50.9 Å². The summed E-state index contributed by atoms with van der Waals surface area (Å²) in [6, 6.07) is 11.6. The molecule has 2 aromatic heterocycles. The number of hydrogen-bond donors (Lipinski definition) is 0. The van der Waals surface area contributed by atoms with E-state index in [0.29, 0.717) is 16.5 Å². The fraction of sp³-hybridized carbons (Fsp3) is 0.292. The van der Waals surface area contributed by atoms with Crippen molar-refractivity contribution < 1.29 is 14.2 Å². The van der Waals surface area contributed by atoms with Crippen LogP contribution in [0.2, 0.25) is 5.02 Å². The number of thiazole rings is 1. The average molecular weight is 515 g/mol. The summed E-state index contributed by atoms with van der Waals surface area (Å²) in [4.78, 5) is 4.80. The van der Waals surface area contributed by atoms with Crippen LogP contribution in [0, 0.1) is 6.92 Å². The van der Waals surface area contributed by atoms with E-state index < -0.39 is 0 Å². The number of halogens is 1. The summed E-state index contributed by atoms with van der Waals surface area (Å²) in [5.74, 6) is 3.64. The Labute approximate surface area is 211 Å². The third-order valence-corrected chi connectivity index (χ3v) is 7.59. The first kappa shape index (κ1) is 23.0. The van der Waals surface area contributed by atoms with Crippen LogP contribution in [0.15, 0.2) is 46.9 Å². The van der Waals surface area contributed by atoms with Gasteiger partial charge in [0, 0.05) is 23.2 Å². The van der Waals surface area contributed by atoms with E-state index in [2.05, 4.69) is 27.1 Å². The van der Waals surface area contributed by atoms with Gasteiger partial charge in [-0.05, 0) is 56.7 Å². The summed E-state index contributed by atoms with van der Waals surface area (Å²) in [5.41, 5.74) is 3.10. The number of fused-ring (bicyclic) bond motifs is 1. The van der Waals surface area contributed by atoms with Gasteiger partial charge in [-0.25, -0.2) is 4.98 Å². The van der Waals surface area contributed by atoms with Gasteiger partial charge in [0.25, 0.3) is 0 Å². The maximum atomic E-state index is 6.31. The minimum Gasteiger partial charge on any atom is -0.481 e. The van der Waals surface area contributed by atoms with E-state index >= 15 is 0 Å². The van der Waals surface area contributed by atoms with Crippen molar-refractivity contribution in [1.82, 2.24) is 19.7 Å². The van der Waals surface area contributed by atoms with E-state index in [9.17, 15) is 0 Å². The zero-order valence-electron chi connectivity index (χ0n) is 18.9. The highest BCUT2D eigenvalue weighted by Crippen LogP contribution is 2.37. The molecule has 3 heterocycles. The normalized spacial score (nSPS) is 13.3. The van der Waals surface area contributed by atoms with Crippen molar-refractivity contribution in [3.05, 3.63) is 63.9 Å². The molecular formula is C24H23ClN4O3S2. The van der Waals surface area contributed by atoms with E-state index in [1.165, 1.54) is 0 Å². The molecule has 176 valence electrons. The van der Waals surface area contributed by atoms with Crippen LogP contribution in [0.4, 0.5) is 0 Å². The lowest BCUT2D eigenvalue weighted by atomic mass is 10.2. The smallest absolute Gasteiger partial charge is 0.231 e. The van der Waals surface area contributed by atoms with Gasteiger partial charge < -0.3 is 18.8 Å². The Morgan fingerprint density at radius 2 is 2.03 bits per heavy atom. The molecule has 0 saturated carbocycles. The van der Waals surface area contributed by atoms with E-state index in [-0.39, 0.29) is 12.9 Å². The summed E-state index contributed by atoms with van der Waals surface area (Å²) in [7, 11) is 0. The van der Waals surface area contributed by atoms with Gasteiger partial charge in [-0.2, -0.15) is 0 Å². The number of nitrogens with zero attached hydrogens (tertiary/aromatic N) is 4. The maximum Gasteiger partial charge on any atom is 0.231 e. The molecule has 1 atom stereocenters. The zero-order valence-corrected chi connectivity index (χ0v) is 21.3. The lowest BCUT2D eigenvalue weighted by molar-refractivity contribution is 0.174. The van der Waals surface area contributed by atoms with E-state index in [1.54, 1.807) is 23.1 Å². The third-order valence-electron chi connectivity index (χ3n) is 5.34. The van der Waals surface area contributed by atoms with Crippen molar-refractivity contribution in [2.45, 2.75) is 44.3 Å². The number of aromatic nitrogens is 4. The fourth-order valence-electron chi connectivity index (χ4n) is 3.62. The first-order valence-electron chi connectivity index (χ1n) is 10.8. The van der Waals surface area contributed by atoms with Crippen LogP contribution in [-0.2, 0) is 12.3 Å². The van der Waals surface area contributed by atoms with Crippen LogP contribution < -0.4 is 14.2 Å². The number of aryl methyl sites for hydroxylation is 1. The lowest BCUT2D eigenvalue weighted by Gasteiger charge is -2.16. The summed E-state index contributed by atoms with van der Waals surface area (Å²) in [5, 5.41) is 13.3. The van der Waals surface area contributed by atoms with Crippen LogP contribution in [0.3, 0.4) is 0 Å². The highest BCUT2D eigenvalue weighted by molar-refractivity contribution is 7.98. The van der Waals surface area contributed by atoms with Crippen molar-refractivity contribution >= 4 is 34.7 Å². The summed E-state index contributed by atoms with van der Waals surface area (Å²) in [6.07, 6.45) is -0.294. The Balaban J connectivity index is 1.27. The van der Waals surface area contributed by atoms with Crippen molar-refractivity contribution in [2.24, 2.45) is 0 Å². The van der Waals surface area contributed by atoms with Crippen LogP contribution in [0.25, 0.3) is 10.6 Å². The van der Waals surface area contributed by atoms with Crippen molar-refractivity contribution in [2.75, 3.05) is 6.79 Å². The Hall–Kier alpha value is -2.75. The predicted molar refractivity (Wildman–Crippen MR) is 134 cm³/mol. The molecule has 1 aliphatic rings. The Bertz CT molecular complexity index is 1320. The topological polar surface area (TPSA) is 71.3 Å². The van der Waals surface area contributed by atoms with Crippen molar-refractivity contribution in [3.63, 3.8) is 0 Å². The Morgan fingerprint density at radius 1 is 1.18 bits per heavy atom. The molecule has 0 saturated heterocycles. The molecule has 1 unspecified atom stereocenters. The first-order chi connectivity index (χ1) is 16.5. The second-order valence-electron chi connectivity index (χ2n) is 7.78. The summed E-state index contributed by atoms with van der Waals surface area (Å²) in [6.45, 7) is 7.04. The van der Waals surface area contributed by atoms with Gasteiger partial charge in [-0.1, -0.05) is 29.4 Å². The largest absolute Gasteiger partial charge is 0.481 e. The number of rotatable bonds is 8. The average Bonchev–Trinajstić information content (AvgIpc) is 3.58. The van der Waals surface area contributed by atoms with Gasteiger partial charge in [0.2, 0.25) is 6.79 Å². The molecule has 0 bridgehead atoms. The number of benzene rings is 2. The van der Waals surface area contributed by atoms with Crippen molar-refractivity contribution in [3.8, 4) is 27.8 Å². The molecule has 2 aromatic carbocycles. The van der Waals surface area contributed by atoms with Crippen LogP contribution >= 0.6 is 34.7 Å². The molecular weight excluding hydrogens is 492 g/mol. The van der Waals surface area contributed by atoms with Crippen LogP contribution in [0.1, 0.15) is 37.0 Å². The van der Waals surface area contributed by atoms with Crippen LogP contribution in [-0.4, -0.2) is 26.5 Å². The molecule has 4 aromatic rings. The molecule has 10 heteroatoms. The van der Waals surface area contributed by atoms with Gasteiger partial charge in [-0.15, -0.1) is 21.5 Å². The molecule has 1 aliphatic heterocycles. The van der Waals surface area contributed by atoms with Gasteiger partial charge >= 0.3 is 0 Å². The van der Waals surface area contributed by atoms with E-state index in [1.807, 2.05) is 50.2 Å². The van der Waals surface area contributed by atoms with Gasteiger partial charge in [0.05, 0.1) is 10.7 Å². The quantitative estimate of drug-likeness (QED) is 0.247. The van der Waals surface area contributed by atoms with Gasteiger partial charge in [0.15, 0.2) is 28.6 Å². The Morgan fingerprint density at radius 3 is 2.88 bits per heavy atom. The lowest BCUT2D eigenvalue weighted by Crippen LogP contribution is -2.12. The van der Waals surface area contributed by atoms with Crippen molar-refractivity contribution in [1.29, 1.82) is 0 Å². The molecule has 0 aliphatic carbocycles. The molecule has 34 heavy (non-hydrogen) atoms. The Kier molecular flexibility index (Phi) is 6.67. The minimum absolute atomic E-state index is 0.264. The second kappa shape index (κ2) is 9.85. The zero-order chi connectivity index (χ0) is 23.7. The van der Waals surface area contributed by atoms with Crippen LogP contribution in [0.5, 0.6) is 17.2 Å². The highest BCUT2D eigenvalue weighted by atomic mass is 35.5. The minimum atomic E-state index is -0.294. The fourth-order valence-corrected chi connectivity index (χ4v) is 5.61. The molecule has 0 radical (unpaired) electrons. The second-order valence-corrected chi connectivity index (χ2v) is 9.99. The summed E-state index contributed by atoms with van der Waals surface area (Å²) < 4.78 is 19.1. The van der Waals surface area contributed by atoms with Gasteiger partial charge in [0.1, 0.15) is 10.8 Å². The summed E-state index contributed by atoms with van der Waals surface area (Å²) >= 11 is 9.53. The molecule has 0 fully saturated rings. The first-order valence-corrected chi connectivity index (χ1v) is 13.1. The highest BCUT2D eigenvalue weighted by Gasteiger charge is 2.20. The third kappa shape index (κ3) is 4.73. The number of hydrogen-bond acceptors (Lipinski definition) is 8. The molecule has 0 spiro atoms. The monoisotopic (exact) mass is 514 g/mol. The SMILES string of the molecule is CCn1c(SCc2csc(-c3ccc4c(c3)OCO4)n2)nnc1C(C)Oc1cc(C)ccc1Cl. The number of thioether (sulfide) groups is 1. The standard InChI is InChI=1S/C24H23ClN4O3S2/c1-4-29-22(15(3)32-20-9-14(2)5-7-18(20)25)27-28-24(29)34-12-17-11-33-23(26-17)16-6-8-19-21(10-16)31-13-30-19/h5-11,15H,4,12-13H2,1-3H3. The maximum absolute atomic E-state index is 6.31. The van der Waals surface area contributed by atoms with Gasteiger partial charge in [-0.3, -0.25) is 0 Å². The molecule has 7 nitrogen and oxygen atoms in total. The predicted octanol–water partition coefficient (Wildman–Crippen LogP) is 6.54.